The zero-order chi connectivity index (χ0) is 18.8. The highest BCUT2D eigenvalue weighted by atomic mass is 16.8. The van der Waals surface area contributed by atoms with Crippen molar-refractivity contribution in [2.75, 3.05) is 14.2 Å². The summed E-state index contributed by atoms with van der Waals surface area (Å²) in [5, 5.41) is 10.8. The Morgan fingerprint density at radius 2 is 1.52 bits per heavy atom. The second kappa shape index (κ2) is 7.16. The van der Waals surface area contributed by atoms with Crippen LogP contribution in [-0.2, 0) is 34.3 Å². The van der Waals surface area contributed by atoms with Crippen LogP contribution in [0.2, 0.25) is 0 Å². The summed E-state index contributed by atoms with van der Waals surface area (Å²) in [6.07, 6.45) is -2.62. The average molecular weight is 353 g/mol. The lowest BCUT2D eigenvalue weighted by Crippen LogP contribution is -2.38. The minimum absolute atomic E-state index is 0.102. The third-order valence-corrected chi connectivity index (χ3v) is 3.99. The molecule has 0 bridgehead atoms. The largest absolute Gasteiger partial charge is 0.467 e. The van der Waals surface area contributed by atoms with E-state index >= 15 is 0 Å². The normalized spacial score (nSPS) is 25.6. The lowest BCUT2D eigenvalue weighted by atomic mass is 9.94. The number of non-ortho nitro benzene ring substituents is 1. The molecule has 1 aliphatic rings. The maximum Gasteiger partial charge on any atom is 0.338 e. The molecular formula is C16H19NO8. The van der Waals surface area contributed by atoms with Gasteiger partial charge in [0.2, 0.25) is 0 Å². The van der Waals surface area contributed by atoms with Crippen molar-refractivity contribution >= 4 is 17.6 Å². The number of nitro benzene ring substituents is 1. The summed E-state index contributed by atoms with van der Waals surface area (Å²) in [6, 6.07) is 5.52. The molecule has 0 N–H and O–H groups in total. The number of nitro groups is 1. The van der Waals surface area contributed by atoms with E-state index in [2.05, 4.69) is 9.47 Å². The molecule has 2 unspecified atom stereocenters. The first-order valence-electron chi connectivity index (χ1n) is 7.53. The molecule has 1 saturated heterocycles. The van der Waals surface area contributed by atoms with Gasteiger partial charge in [-0.05, 0) is 12.1 Å². The van der Waals surface area contributed by atoms with Crippen molar-refractivity contribution in [3.63, 3.8) is 0 Å². The van der Waals surface area contributed by atoms with Crippen LogP contribution in [0.5, 0.6) is 0 Å². The first-order chi connectivity index (χ1) is 11.8. The van der Waals surface area contributed by atoms with E-state index < -0.39 is 34.9 Å². The molecular weight excluding hydrogens is 334 g/mol. The minimum Gasteiger partial charge on any atom is -0.467 e. The molecule has 2 atom stereocenters. The molecule has 0 radical (unpaired) electrons. The van der Waals surface area contributed by atoms with Crippen LogP contribution in [0.15, 0.2) is 24.3 Å². The Morgan fingerprint density at radius 3 is 1.84 bits per heavy atom. The van der Waals surface area contributed by atoms with Gasteiger partial charge in [-0.1, -0.05) is 13.8 Å². The lowest BCUT2D eigenvalue weighted by molar-refractivity contribution is -0.384. The fourth-order valence-electron chi connectivity index (χ4n) is 2.66. The van der Waals surface area contributed by atoms with Gasteiger partial charge in [0.25, 0.3) is 5.69 Å². The molecule has 136 valence electrons. The van der Waals surface area contributed by atoms with Crippen LogP contribution in [0, 0.1) is 16.0 Å². The maximum absolute atomic E-state index is 12.0. The molecule has 9 nitrogen and oxygen atoms in total. The fourth-order valence-corrected chi connectivity index (χ4v) is 2.66. The Labute approximate surface area is 144 Å². The average Bonchev–Trinajstić information content (AvgIpc) is 3.02. The van der Waals surface area contributed by atoms with Crippen molar-refractivity contribution in [3.05, 3.63) is 39.9 Å². The third kappa shape index (κ3) is 3.33. The fraction of sp³-hybridized carbons (Fsp3) is 0.500. The highest BCUT2D eigenvalue weighted by molar-refractivity contribution is 5.86. The van der Waals surface area contributed by atoms with Crippen molar-refractivity contribution in [3.8, 4) is 0 Å². The number of methoxy groups -OCH3 is 2. The number of rotatable bonds is 5. The van der Waals surface area contributed by atoms with Gasteiger partial charge in [-0.15, -0.1) is 0 Å². The molecule has 1 fully saturated rings. The molecule has 1 aromatic carbocycles. The number of nitrogens with zero attached hydrogens (tertiary/aromatic N) is 1. The van der Waals surface area contributed by atoms with E-state index in [9.17, 15) is 19.7 Å². The monoisotopic (exact) mass is 353 g/mol. The van der Waals surface area contributed by atoms with Crippen molar-refractivity contribution in [1.29, 1.82) is 0 Å². The zero-order valence-electron chi connectivity index (χ0n) is 14.3. The molecule has 0 aromatic heterocycles. The Kier molecular flexibility index (Phi) is 5.39. The summed E-state index contributed by atoms with van der Waals surface area (Å²) in [7, 11) is 2.34. The summed E-state index contributed by atoms with van der Waals surface area (Å²) in [6.45, 7) is 3.55. The molecule has 1 aromatic rings. The molecule has 1 heterocycles. The number of esters is 2. The van der Waals surface area contributed by atoms with Gasteiger partial charge in [-0.2, -0.15) is 0 Å². The van der Waals surface area contributed by atoms with E-state index in [0.29, 0.717) is 5.56 Å². The Hall–Kier alpha value is -2.52. The van der Waals surface area contributed by atoms with Crippen LogP contribution >= 0.6 is 0 Å². The van der Waals surface area contributed by atoms with Gasteiger partial charge >= 0.3 is 11.9 Å². The number of hydrogen-bond donors (Lipinski definition) is 0. The van der Waals surface area contributed by atoms with Gasteiger partial charge in [0, 0.05) is 23.6 Å². The smallest absolute Gasteiger partial charge is 0.338 e. The van der Waals surface area contributed by atoms with E-state index in [1.807, 2.05) is 0 Å². The molecule has 0 aliphatic carbocycles. The van der Waals surface area contributed by atoms with Crippen molar-refractivity contribution in [1.82, 2.24) is 0 Å². The van der Waals surface area contributed by atoms with Gasteiger partial charge in [-0.25, -0.2) is 9.59 Å². The molecule has 2 rings (SSSR count). The maximum atomic E-state index is 12.0. The predicted molar refractivity (Wildman–Crippen MR) is 83.4 cm³/mol. The topological polar surface area (TPSA) is 114 Å². The Bertz CT molecular complexity index is 645. The number of benzene rings is 1. The van der Waals surface area contributed by atoms with Gasteiger partial charge in [0.1, 0.15) is 0 Å². The summed E-state index contributed by atoms with van der Waals surface area (Å²) >= 11 is 0. The second-order valence-electron chi connectivity index (χ2n) is 5.75. The molecule has 0 spiro atoms. The van der Waals surface area contributed by atoms with Gasteiger partial charge < -0.3 is 18.9 Å². The third-order valence-electron chi connectivity index (χ3n) is 3.99. The quantitative estimate of drug-likeness (QED) is 0.445. The SMILES string of the molecule is COC(=O)C1OC(c2ccc([N+](=O)[O-])cc2)(C(C)C)OC1C(=O)OC. The molecule has 1 aliphatic heterocycles. The predicted octanol–water partition coefficient (Wildman–Crippen LogP) is 1.53. The first kappa shape index (κ1) is 18.8. The summed E-state index contributed by atoms with van der Waals surface area (Å²) in [5.41, 5.74) is 0.336. The molecule has 0 amide bonds. The highest BCUT2D eigenvalue weighted by Crippen LogP contribution is 2.44. The lowest BCUT2D eigenvalue weighted by Gasteiger charge is -2.32. The van der Waals surface area contributed by atoms with E-state index in [1.165, 1.54) is 38.5 Å². The van der Waals surface area contributed by atoms with Crippen molar-refractivity contribution < 1.29 is 33.5 Å². The second-order valence-corrected chi connectivity index (χ2v) is 5.75. The minimum atomic E-state index is -1.45. The number of ether oxygens (including phenoxy) is 4. The first-order valence-corrected chi connectivity index (χ1v) is 7.53. The van der Waals surface area contributed by atoms with Gasteiger partial charge in [-0.3, -0.25) is 10.1 Å². The van der Waals surface area contributed by atoms with E-state index in [-0.39, 0.29) is 11.6 Å². The van der Waals surface area contributed by atoms with Crippen molar-refractivity contribution in [2.45, 2.75) is 31.8 Å². The van der Waals surface area contributed by atoms with Gasteiger partial charge in [0.05, 0.1) is 19.1 Å². The number of carbonyl (C=O) groups excluding carboxylic acids is 2. The van der Waals surface area contributed by atoms with E-state index in [0.717, 1.165) is 0 Å². The van der Waals surface area contributed by atoms with E-state index in [1.54, 1.807) is 13.8 Å². The zero-order valence-corrected chi connectivity index (χ0v) is 14.3. The number of carbonyl (C=O) groups is 2. The summed E-state index contributed by atoms with van der Waals surface area (Å²) in [4.78, 5) is 34.3. The summed E-state index contributed by atoms with van der Waals surface area (Å²) in [5.74, 6) is -3.33. The molecule has 9 heteroatoms. The molecule has 25 heavy (non-hydrogen) atoms. The molecule has 0 saturated carbocycles. The van der Waals surface area contributed by atoms with Crippen LogP contribution in [0.3, 0.4) is 0 Å². The highest BCUT2D eigenvalue weighted by Gasteiger charge is 2.57. The summed E-state index contributed by atoms with van der Waals surface area (Å²) < 4.78 is 21.0. The van der Waals surface area contributed by atoms with Crippen LogP contribution in [0.1, 0.15) is 19.4 Å². The van der Waals surface area contributed by atoms with Crippen LogP contribution in [0.25, 0.3) is 0 Å². The van der Waals surface area contributed by atoms with Crippen LogP contribution < -0.4 is 0 Å². The van der Waals surface area contributed by atoms with Crippen molar-refractivity contribution in [2.24, 2.45) is 5.92 Å². The standard InChI is InChI=1S/C16H19NO8/c1-9(2)16(10-5-7-11(8-6-10)17(20)21)24-12(14(18)22-3)13(25-16)15(19)23-4/h5-9,12-13H,1-4H3. The number of hydrogen-bond acceptors (Lipinski definition) is 8. The van der Waals surface area contributed by atoms with E-state index in [4.69, 9.17) is 9.47 Å². The Morgan fingerprint density at radius 1 is 1.08 bits per heavy atom. The van der Waals surface area contributed by atoms with Crippen LogP contribution in [0.4, 0.5) is 5.69 Å². The van der Waals surface area contributed by atoms with Gasteiger partial charge in [0.15, 0.2) is 18.0 Å². The van der Waals surface area contributed by atoms with Crippen LogP contribution in [-0.4, -0.2) is 43.3 Å². The Balaban J connectivity index is 2.47.